The second kappa shape index (κ2) is 6.87. The van der Waals surface area contributed by atoms with Crippen LogP contribution in [0.3, 0.4) is 0 Å². The molecule has 2 unspecified atom stereocenters. The van der Waals surface area contributed by atoms with Crippen LogP contribution in [0.25, 0.3) is 0 Å². The molecule has 0 bridgehead atoms. The fourth-order valence-corrected chi connectivity index (χ4v) is 3.83. The number of rotatable bonds is 4. The van der Waals surface area contributed by atoms with Crippen LogP contribution >= 0.6 is 15.9 Å². The van der Waals surface area contributed by atoms with E-state index in [9.17, 15) is 14.4 Å². The van der Waals surface area contributed by atoms with Gasteiger partial charge in [0.1, 0.15) is 23.4 Å². The lowest BCUT2D eigenvalue weighted by atomic mass is 9.95. The highest BCUT2D eigenvalue weighted by molar-refractivity contribution is 9.10. The Hall–Kier alpha value is -3.00. The number of hydrogen-bond donors (Lipinski definition) is 0. The number of anilines is 2. The van der Waals surface area contributed by atoms with E-state index in [0.29, 0.717) is 17.1 Å². The second-order valence-corrected chi connectivity index (χ2v) is 7.38. The lowest BCUT2D eigenvalue weighted by Crippen LogP contribution is -2.39. The molecule has 2 aromatic rings. The van der Waals surface area contributed by atoms with Crippen LogP contribution in [0.4, 0.5) is 11.4 Å². The highest BCUT2D eigenvalue weighted by Crippen LogP contribution is 2.40. The number of para-hydroxylation sites is 2. The van der Waals surface area contributed by atoms with E-state index < -0.39 is 23.8 Å². The molecule has 2 aliphatic rings. The summed E-state index contributed by atoms with van der Waals surface area (Å²) in [5, 5.41) is 5.79. The van der Waals surface area contributed by atoms with Crippen LogP contribution in [0.5, 0.6) is 5.75 Å². The van der Waals surface area contributed by atoms with Gasteiger partial charge < -0.3 is 4.74 Å². The molecular weight excluding hydrogens is 426 g/mol. The van der Waals surface area contributed by atoms with Crippen molar-refractivity contribution in [2.45, 2.75) is 13.0 Å². The molecule has 2 amide bonds. The van der Waals surface area contributed by atoms with Crippen molar-refractivity contribution < 1.29 is 19.1 Å². The van der Waals surface area contributed by atoms with Crippen LogP contribution in [-0.4, -0.2) is 36.5 Å². The van der Waals surface area contributed by atoms with Crippen molar-refractivity contribution in [1.82, 2.24) is 0 Å². The number of methoxy groups -OCH3 is 1. The predicted molar refractivity (Wildman–Crippen MR) is 108 cm³/mol. The van der Waals surface area contributed by atoms with Gasteiger partial charge in [0.15, 0.2) is 5.78 Å². The van der Waals surface area contributed by atoms with Gasteiger partial charge in [0.25, 0.3) is 5.91 Å². The van der Waals surface area contributed by atoms with Gasteiger partial charge in [0.2, 0.25) is 5.91 Å². The fraction of sp³-hybridized carbons (Fsp3) is 0.200. The molecule has 7 nitrogen and oxygen atoms in total. The molecule has 0 saturated carbocycles. The predicted octanol–water partition coefficient (Wildman–Crippen LogP) is 2.78. The van der Waals surface area contributed by atoms with Crippen LogP contribution in [0.15, 0.2) is 58.1 Å². The maximum atomic E-state index is 13.3. The van der Waals surface area contributed by atoms with Crippen LogP contribution in [0.1, 0.15) is 6.92 Å². The van der Waals surface area contributed by atoms with E-state index in [1.54, 1.807) is 36.4 Å². The first-order chi connectivity index (χ1) is 13.4. The average molecular weight is 442 g/mol. The normalized spacial score (nSPS) is 21.0. The van der Waals surface area contributed by atoms with E-state index in [1.807, 2.05) is 12.1 Å². The first-order valence-electron chi connectivity index (χ1n) is 8.59. The summed E-state index contributed by atoms with van der Waals surface area (Å²) in [7, 11) is 1.47. The number of nitrogens with zero attached hydrogens (tertiary/aromatic N) is 3. The number of Topliss-reactive ketones (excluding diaryl/α,β-unsaturated/α-hetero) is 1. The van der Waals surface area contributed by atoms with Crippen molar-refractivity contribution in [3.63, 3.8) is 0 Å². The van der Waals surface area contributed by atoms with Gasteiger partial charge in [-0.25, -0.2) is 4.90 Å². The molecule has 1 fully saturated rings. The van der Waals surface area contributed by atoms with Crippen LogP contribution < -0.4 is 14.6 Å². The van der Waals surface area contributed by atoms with Crippen LogP contribution in [0, 0.1) is 5.92 Å². The van der Waals surface area contributed by atoms with Crippen LogP contribution in [-0.2, 0) is 14.4 Å². The number of hydrogen-bond acceptors (Lipinski definition) is 6. The summed E-state index contributed by atoms with van der Waals surface area (Å²) in [5.41, 5.74) is 1.06. The molecule has 0 aliphatic carbocycles. The van der Waals surface area contributed by atoms with Gasteiger partial charge in [-0.15, -0.1) is 0 Å². The zero-order valence-electron chi connectivity index (χ0n) is 15.1. The molecule has 2 aromatic carbocycles. The molecule has 0 spiro atoms. The number of ketones is 1. The number of imide groups is 1. The van der Waals surface area contributed by atoms with Gasteiger partial charge in [0.05, 0.1) is 18.5 Å². The number of carbonyl (C=O) groups excluding carboxylic acids is 3. The largest absolute Gasteiger partial charge is 0.495 e. The van der Waals surface area contributed by atoms with E-state index in [0.717, 1.165) is 9.37 Å². The van der Waals surface area contributed by atoms with E-state index in [-0.39, 0.29) is 11.5 Å². The third kappa shape index (κ3) is 2.72. The SMILES string of the molecule is COc1ccccc1N1C(=O)C2C(C(C)=O)=NN(c3ccc(Br)cc3)C2C1=O. The number of hydrazone groups is 1. The molecule has 4 rings (SSSR count). The lowest BCUT2D eigenvalue weighted by molar-refractivity contribution is -0.122. The Morgan fingerprint density at radius 1 is 1.07 bits per heavy atom. The molecule has 28 heavy (non-hydrogen) atoms. The maximum absolute atomic E-state index is 13.3. The summed E-state index contributed by atoms with van der Waals surface area (Å²) in [6.07, 6.45) is 0. The first-order valence-corrected chi connectivity index (χ1v) is 9.38. The molecule has 1 saturated heterocycles. The van der Waals surface area contributed by atoms with E-state index in [2.05, 4.69) is 21.0 Å². The molecule has 0 N–H and O–H groups in total. The van der Waals surface area contributed by atoms with Gasteiger partial charge in [-0.05, 0) is 36.4 Å². The minimum absolute atomic E-state index is 0.0867. The monoisotopic (exact) mass is 441 g/mol. The molecule has 0 aromatic heterocycles. The molecule has 0 radical (unpaired) electrons. The first kappa shape index (κ1) is 18.4. The summed E-state index contributed by atoms with van der Waals surface area (Å²) < 4.78 is 6.18. The van der Waals surface area contributed by atoms with Crippen LogP contribution in [0.2, 0.25) is 0 Å². The Morgan fingerprint density at radius 3 is 2.39 bits per heavy atom. The molecule has 2 aliphatic heterocycles. The van der Waals surface area contributed by atoms with Gasteiger partial charge in [0, 0.05) is 11.4 Å². The molecule has 2 atom stereocenters. The quantitative estimate of drug-likeness (QED) is 0.681. The van der Waals surface area contributed by atoms with E-state index in [4.69, 9.17) is 4.74 Å². The van der Waals surface area contributed by atoms with Gasteiger partial charge in [-0.2, -0.15) is 5.10 Å². The number of carbonyl (C=O) groups is 3. The number of amides is 2. The maximum Gasteiger partial charge on any atom is 0.260 e. The summed E-state index contributed by atoms with van der Waals surface area (Å²) in [6, 6.07) is 13.1. The summed E-state index contributed by atoms with van der Waals surface area (Å²) in [6.45, 7) is 1.35. The Kier molecular flexibility index (Phi) is 4.50. The summed E-state index contributed by atoms with van der Waals surface area (Å²) in [4.78, 5) is 39.8. The van der Waals surface area contributed by atoms with Gasteiger partial charge in [-0.1, -0.05) is 28.1 Å². The Bertz CT molecular complexity index is 1020. The van der Waals surface area contributed by atoms with Gasteiger partial charge in [-0.3, -0.25) is 19.4 Å². The molecular formula is C20H16BrN3O4. The minimum Gasteiger partial charge on any atom is -0.495 e. The molecule has 2 heterocycles. The number of halogens is 1. The van der Waals surface area contributed by atoms with Crippen molar-refractivity contribution >= 4 is 50.6 Å². The van der Waals surface area contributed by atoms with E-state index in [1.165, 1.54) is 19.0 Å². The second-order valence-electron chi connectivity index (χ2n) is 6.47. The standard InChI is InChI=1S/C20H16BrN3O4/c1-11(25)17-16-18(24(22-17)13-9-7-12(21)8-10-13)20(27)23(19(16)26)14-5-3-4-6-15(14)28-2/h3-10,16,18H,1-2H3. The average Bonchev–Trinajstić information content (AvgIpc) is 3.20. The summed E-state index contributed by atoms with van der Waals surface area (Å²) in [5.74, 6) is -1.80. The highest BCUT2D eigenvalue weighted by Gasteiger charge is 2.58. The Morgan fingerprint density at radius 2 is 1.75 bits per heavy atom. The smallest absolute Gasteiger partial charge is 0.260 e. The van der Waals surface area contributed by atoms with Crippen molar-refractivity contribution in [2.24, 2.45) is 11.0 Å². The summed E-state index contributed by atoms with van der Waals surface area (Å²) >= 11 is 3.37. The third-order valence-electron chi connectivity index (χ3n) is 4.83. The number of fused-ring (bicyclic) bond motifs is 1. The topological polar surface area (TPSA) is 79.3 Å². The lowest BCUT2D eigenvalue weighted by Gasteiger charge is -2.22. The van der Waals surface area contributed by atoms with Crippen molar-refractivity contribution in [1.29, 1.82) is 0 Å². The van der Waals surface area contributed by atoms with Crippen molar-refractivity contribution in [3.8, 4) is 5.75 Å². The molecule has 8 heteroatoms. The zero-order valence-corrected chi connectivity index (χ0v) is 16.7. The third-order valence-corrected chi connectivity index (χ3v) is 5.36. The molecule has 142 valence electrons. The number of ether oxygens (including phenoxy) is 1. The van der Waals surface area contributed by atoms with E-state index >= 15 is 0 Å². The van der Waals surface area contributed by atoms with Gasteiger partial charge >= 0.3 is 0 Å². The zero-order chi connectivity index (χ0) is 20.0. The van der Waals surface area contributed by atoms with Crippen molar-refractivity contribution in [3.05, 3.63) is 53.0 Å². The Balaban J connectivity index is 1.82. The highest BCUT2D eigenvalue weighted by atomic mass is 79.9. The van der Waals surface area contributed by atoms with Crippen molar-refractivity contribution in [2.75, 3.05) is 17.0 Å². The number of benzene rings is 2. The Labute approximate surface area is 169 Å². The fourth-order valence-electron chi connectivity index (χ4n) is 3.56. The minimum atomic E-state index is -0.946.